The van der Waals surface area contributed by atoms with E-state index in [9.17, 15) is 13.6 Å². The fourth-order valence-corrected chi connectivity index (χ4v) is 3.40. The highest BCUT2D eigenvalue weighted by atomic mass is 32.1. The second-order valence-corrected chi connectivity index (χ2v) is 6.55. The summed E-state index contributed by atoms with van der Waals surface area (Å²) in [6, 6.07) is 9.10. The molecule has 0 saturated carbocycles. The number of imidazole rings is 1. The molecule has 6 nitrogen and oxygen atoms in total. The van der Waals surface area contributed by atoms with Crippen molar-refractivity contribution in [2.45, 2.75) is 0 Å². The Bertz CT molecular complexity index is 1110. The Kier molecular flexibility index (Phi) is 4.51. The first-order chi connectivity index (χ1) is 13.1. The summed E-state index contributed by atoms with van der Waals surface area (Å²) in [5.74, 6) is -1.39. The second-order valence-electron chi connectivity index (χ2n) is 5.55. The van der Waals surface area contributed by atoms with Crippen LogP contribution in [0.4, 0.5) is 13.9 Å². The highest BCUT2D eigenvalue weighted by Gasteiger charge is 2.14. The summed E-state index contributed by atoms with van der Waals surface area (Å²) in [5, 5.41) is 2.71. The molecule has 0 fully saturated rings. The SMILES string of the molecule is O=C(COc1ccccc1-c1cnc[nH]1)Nc1nc2cc(F)cc(F)c2s1. The van der Waals surface area contributed by atoms with Gasteiger partial charge < -0.3 is 9.72 Å². The van der Waals surface area contributed by atoms with E-state index in [-0.39, 0.29) is 22.0 Å². The Morgan fingerprint density at radius 1 is 1.26 bits per heavy atom. The number of anilines is 1. The lowest BCUT2D eigenvalue weighted by Gasteiger charge is -2.09. The third-order valence-electron chi connectivity index (χ3n) is 3.69. The standard InChI is InChI=1S/C18H12F2N4O2S/c19-10-5-12(20)17-13(6-10)23-18(27-17)24-16(25)8-26-15-4-2-1-3-11(15)14-7-21-9-22-14/h1-7,9H,8H2,(H,21,22)(H,23,24,25). The van der Waals surface area contributed by atoms with Gasteiger partial charge in [-0.25, -0.2) is 18.7 Å². The molecule has 0 radical (unpaired) electrons. The van der Waals surface area contributed by atoms with E-state index >= 15 is 0 Å². The second kappa shape index (κ2) is 7.12. The lowest BCUT2D eigenvalue weighted by molar-refractivity contribution is -0.118. The van der Waals surface area contributed by atoms with E-state index in [1.807, 2.05) is 12.1 Å². The fraction of sp³-hybridized carbons (Fsp3) is 0.0556. The number of aromatic nitrogens is 3. The molecule has 0 spiro atoms. The van der Waals surface area contributed by atoms with Crippen molar-refractivity contribution in [2.75, 3.05) is 11.9 Å². The summed E-state index contributed by atoms with van der Waals surface area (Å²) in [6.07, 6.45) is 3.20. The van der Waals surface area contributed by atoms with Crippen molar-refractivity contribution >= 4 is 32.6 Å². The predicted molar refractivity (Wildman–Crippen MR) is 97.7 cm³/mol. The number of nitrogens with zero attached hydrogens (tertiary/aromatic N) is 2. The maximum Gasteiger partial charge on any atom is 0.264 e. The molecule has 2 aromatic heterocycles. The van der Waals surface area contributed by atoms with E-state index in [4.69, 9.17) is 4.74 Å². The number of rotatable bonds is 5. The van der Waals surface area contributed by atoms with Crippen LogP contribution >= 0.6 is 11.3 Å². The third-order valence-corrected chi connectivity index (χ3v) is 4.69. The zero-order valence-electron chi connectivity index (χ0n) is 13.7. The van der Waals surface area contributed by atoms with Crippen molar-refractivity contribution in [3.05, 3.63) is 60.6 Å². The monoisotopic (exact) mass is 386 g/mol. The number of hydrogen-bond acceptors (Lipinski definition) is 5. The number of aromatic amines is 1. The molecular weight excluding hydrogens is 374 g/mol. The van der Waals surface area contributed by atoms with Crippen molar-refractivity contribution in [3.63, 3.8) is 0 Å². The van der Waals surface area contributed by atoms with E-state index in [1.165, 1.54) is 0 Å². The van der Waals surface area contributed by atoms with Gasteiger partial charge in [0.05, 0.1) is 28.4 Å². The van der Waals surface area contributed by atoms with Gasteiger partial charge in [0.2, 0.25) is 0 Å². The summed E-state index contributed by atoms with van der Waals surface area (Å²) < 4.78 is 32.7. The minimum absolute atomic E-state index is 0.151. The van der Waals surface area contributed by atoms with Gasteiger partial charge in [0.15, 0.2) is 11.7 Å². The van der Waals surface area contributed by atoms with Gasteiger partial charge in [-0.2, -0.15) is 0 Å². The maximum absolute atomic E-state index is 13.7. The van der Waals surface area contributed by atoms with Crippen LogP contribution in [0.2, 0.25) is 0 Å². The Balaban J connectivity index is 1.46. The minimum Gasteiger partial charge on any atom is -0.483 e. The van der Waals surface area contributed by atoms with Gasteiger partial charge in [0.1, 0.15) is 17.4 Å². The van der Waals surface area contributed by atoms with Crippen LogP contribution in [0.5, 0.6) is 5.75 Å². The van der Waals surface area contributed by atoms with Gasteiger partial charge in [-0.05, 0) is 12.1 Å². The van der Waals surface area contributed by atoms with Crippen molar-refractivity contribution in [3.8, 4) is 17.0 Å². The van der Waals surface area contributed by atoms with Crippen molar-refractivity contribution in [2.24, 2.45) is 0 Å². The van der Waals surface area contributed by atoms with Crippen LogP contribution in [0.1, 0.15) is 0 Å². The van der Waals surface area contributed by atoms with Crippen molar-refractivity contribution in [1.82, 2.24) is 15.0 Å². The molecule has 4 rings (SSSR count). The Labute approximate surface area is 155 Å². The van der Waals surface area contributed by atoms with Crippen LogP contribution in [0.3, 0.4) is 0 Å². The topological polar surface area (TPSA) is 79.9 Å². The molecule has 2 N–H and O–H groups in total. The van der Waals surface area contributed by atoms with Crippen LogP contribution in [0.15, 0.2) is 48.9 Å². The quantitative estimate of drug-likeness (QED) is 0.544. The molecule has 27 heavy (non-hydrogen) atoms. The summed E-state index contributed by atoms with van der Waals surface area (Å²) in [4.78, 5) is 23.1. The summed E-state index contributed by atoms with van der Waals surface area (Å²) in [5.41, 5.74) is 1.67. The van der Waals surface area contributed by atoms with Gasteiger partial charge in [0.25, 0.3) is 5.91 Å². The largest absolute Gasteiger partial charge is 0.483 e. The molecule has 0 saturated heterocycles. The number of benzene rings is 2. The zero-order chi connectivity index (χ0) is 18.8. The number of halogens is 2. The van der Waals surface area contributed by atoms with Crippen molar-refractivity contribution in [1.29, 1.82) is 0 Å². The molecule has 0 aliphatic heterocycles. The number of nitrogens with one attached hydrogen (secondary N) is 2. The predicted octanol–water partition coefficient (Wildman–Crippen LogP) is 3.98. The zero-order valence-corrected chi connectivity index (χ0v) is 14.5. The van der Waals surface area contributed by atoms with E-state index in [1.54, 1.807) is 24.7 Å². The molecule has 9 heteroatoms. The van der Waals surface area contributed by atoms with Crippen LogP contribution in [-0.4, -0.2) is 27.5 Å². The molecule has 2 heterocycles. The van der Waals surface area contributed by atoms with E-state index in [0.717, 1.165) is 34.7 Å². The molecule has 0 aliphatic carbocycles. The molecular formula is C18H12F2N4O2S. The first kappa shape index (κ1) is 17.1. The van der Waals surface area contributed by atoms with Crippen LogP contribution in [0, 0.1) is 11.6 Å². The van der Waals surface area contributed by atoms with Gasteiger partial charge in [-0.1, -0.05) is 23.5 Å². The lowest BCUT2D eigenvalue weighted by atomic mass is 10.1. The Morgan fingerprint density at radius 3 is 2.93 bits per heavy atom. The molecule has 136 valence electrons. The van der Waals surface area contributed by atoms with E-state index in [2.05, 4.69) is 20.3 Å². The first-order valence-corrected chi connectivity index (χ1v) is 8.68. The Morgan fingerprint density at radius 2 is 2.11 bits per heavy atom. The van der Waals surface area contributed by atoms with Gasteiger partial charge in [-0.15, -0.1) is 0 Å². The van der Waals surface area contributed by atoms with Crippen molar-refractivity contribution < 1.29 is 18.3 Å². The lowest BCUT2D eigenvalue weighted by Crippen LogP contribution is -2.20. The van der Waals surface area contributed by atoms with E-state index < -0.39 is 17.5 Å². The average Bonchev–Trinajstić information content (AvgIpc) is 3.30. The average molecular weight is 386 g/mol. The third kappa shape index (κ3) is 3.63. The van der Waals surface area contributed by atoms with Gasteiger partial charge in [-0.3, -0.25) is 10.1 Å². The number of H-pyrrole nitrogens is 1. The number of thiazole rings is 1. The molecule has 0 unspecified atom stereocenters. The van der Waals surface area contributed by atoms with Gasteiger partial charge >= 0.3 is 0 Å². The number of amides is 1. The minimum atomic E-state index is -0.720. The highest BCUT2D eigenvalue weighted by Crippen LogP contribution is 2.30. The first-order valence-electron chi connectivity index (χ1n) is 7.86. The number of hydrogen-bond donors (Lipinski definition) is 2. The fourth-order valence-electron chi connectivity index (χ4n) is 2.53. The molecule has 4 aromatic rings. The number of ether oxygens (including phenoxy) is 1. The molecule has 0 atom stereocenters. The summed E-state index contributed by atoms with van der Waals surface area (Å²) in [6.45, 7) is -0.266. The molecule has 0 bridgehead atoms. The molecule has 1 amide bonds. The number of fused-ring (bicyclic) bond motifs is 1. The number of para-hydroxylation sites is 1. The number of carbonyl (C=O) groups excluding carboxylic acids is 1. The van der Waals surface area contributed by atoms with Crippen LogP contribution in [-0.2, 0) is 4.79 Å². The summed E-state index contributed by atoms with van der Waals surface area (Å²) in [7, 11) is 0. The Hall–Kier alpha value is -3.33. The van der Waals surface area contributed by atoms with Crippen LogP contribution in [0.25, 0.3) is 21.5 Å². The normalized spacial score (nSPS) is 10.9. The smallest absolute Gasteiger partial charge is 0.264 e. The number of carbonyl (C=O) groups is 1. The molecule has 2 aromatic carbocycles. The highest BCUT2D eigenvalue weighted by molar-refractivity contribution is 7.22. The maximum atomic E-state index is 13.7. The van der Waals surface area contributed by atoms with E-state index in [0.29, 0.717) is 5.75 Å². The molecule has 0 aliphatic rings. The van der Waals surface area contributed by atoms with Crippen LogP contribution < -0.4 is 10.1 Å². The van der Waals surface area contributed by atoms with Gasteiger partial charge in [0, 0.05) is 17.7 Å². The summed E-state index contributed by atoms with van der Waals surface area (Å²) >= 11 is 0.930.